The van der Waals surface area contributed by atoms with Gasteiger partial charge in [0.25, 0.3) is 0 Å². The molecule has 0 unspecified atom stereocenters. The lowest BCUT2D eigenvalue weighted by Gasteiger charge is -2.31. The van der Waals surface area contributed by atoms with Gasteiger partial charge in [0.2, 0.25) is 15.9 Å². The molecule has 174 valence electrons. The SMILES string of the molecule is CCN(CC)S(=O)(=O)c1ccc(N2CCOCC2)c(NC(=O)CCc2ccccc2F)c1. The Morgan fingerprint density at radius 3 is 2.47 bits per heavy atom. The Hall–Kier alpha value is -2.49. The van der Waals surface area contributed by atoms with Crippen molar-refractivity contribution in [3.63, 3.8) is 0 Å². The minimum Gasteiger partial charge on any atom is -0.378 e. The first-order chi connectivity index (χ1) is 15.4. The molecule has 1 fully saturated rings. The van der Waals surface area contributed by atoms with E-state index < -0.39 is 10.0 Å². The van der Waals surface area contributed by atoms with Gasteiger partial charge in [0.15, 0.2) is 0 Å². The average molecular weight is 464 g/mol. The minimum atomic E-state index is -3.68. The van der Waals surface area contributed by atoms with Crippen molar-refractivity contribution in [2.24, 2.45) is 0 Å². The van der Waals surface area contributed by atoms with Gasteiger partial charge in [0.05, 0.1) is 29.5 Å². The number of aryl methyl sites for hydroxylation is 1. The summed E-state index contributed by atoms with van der Waals surface area (Å²) in [5, 5.41) is 2.86. The molecule has 9 heteroatoms. The Balaban J connectivity index is 1.86. The molecule has 0 saturated carbocycles. The van der Waals surface area contributed by atoms with Crippen LogP contribution in [0.5, 0.6) is 0 Å². The summed E-state index contributed by atoms with van der Waals surface area (Å²) >= 11 is 0. The Morgan fingerprint density at radius 1 is 1.12 bits per heavy atom. The summed E-state index contributed by atoms with van der Waals surface area (Å²) in [6.07, 6.45) is 0.333. The summed E-state index contributed by atoms with van der Waals surface area (Å²) in [7, 11) is -3.68. The maximum atomic E-state index is 13.9. The summed E-state index contributed by atoms with van der Waals surface area (Å²) in [6, 6.07) is 11.2. The number of hydrogen-bond acceptors (Lipinski definition) is 5. The van der Waals surface area contributed by atoms with E-state index in [1.54, 1.807) is 44.2 Å². The molecular weight excluding hydrogens is 433 g/mol. The smallest absolute Gasteiger partial charge is 0.243 e. The van der Waals surface area contributed by atoms with E-state index in [-0.39, 0.29) is 29.5 Å². The van der Waals surface area contributed by atoms with Gasteiger partial charge in [-0.25, -0.2) is 12.8 Å². The normalized spacial score (nSPS) is 14.6. The molecule has 0 atom stereocenters. The maximum Gasteiger partial charge on any atom is 0.243 e. The van der Waals surface area contributed by atoms with Crippen LogP contribution < -0.4 is 10.2 Å². The number of benzene rings is 2. The number of hydrogen-bond donors (Lipinski definition) is 1. The van der Waals surface area contributed by atoms with Gasteiger partial charge in [-0.05, 0) is 36.2 Å². The van der Waals surface area contributed by atoms with E-state index in [9.17, 15) is 17.6 Å². The van der Waals surface area contributed by atoms with Gasteiger partial charge in [0.1, 0.15) is 5.82 Å². The lowest BCUT2D eigenvalue weighted by atomic mass is 10.1. The molecule has 7 nitrogen and oxygen atoms in total. The van der Waals surface area contributed by atoms with E-state index in [0.29, 0.717) is 50.6 Å². The number of sulfonamides is 1. The number of nitrogens with zero attached hydrogens (tertiary/aromatic N) is 2. The molecule has 3 rings (SSSR count). The van der Waals surface area contributed by atoms with E-state index in [2.05, 4.69) is 10.2 Å². The molecule has 1 N–H and O–H groups in total. The summed E-state index contributed by atoms with van der Waals surface area (Å²) in [5.74, 6) is -0.651. The fourth-order valence-corrected chi connectivity index (χ4v) is 5.22. The number of halogens is 1. The van der Waals surface area contributed by atoms with Gasteiger partial charge in [-0.3, -0.25) is 4.79 Å². The number of amides is 1. The fraction of sp³-hybridized carbons (Fsp3) is 0.435. The Bertz CT molecular complexity index is 1040. The van der Waals surface area contributed by atoms with E-state index in [1.807, 2.05) is 0 Å². The van der Waals surface area contributed by atoms with Crippen molar-refractivity contribution in [2.45, 2.75) is 31.6 Å². The zero-order valence-corrected chi connectivity index (χ0v) is 19.3. The fourth-order valence-electron chi connectivity index (χ4n) is 3.73. The van der Waals surface area contributed by atoms with Crippen LogP contribution in [0.4, 0.5) is 15.8 Å². The molecule has 0 spiro atoms. The third kappa shape index (κ3) is 5.65. The molecule has 1 aliphatic rings. The second kappa shape index (κ2) is 10.9. The Morgan fingerprint density at radius 2 is 1.81 bits per heavy atom. The maximum absolute atomic E-state index is 13.9. The molecule has 0 aromatic heterocycles. The highest BCUT2D eigenvalue weighted by molar-refractivity contribution is 7.89. The van der Waals surface area contributed by atoms with Gasteiger partial charge in [-0.15, -0.1) is 0 Å². The average Bonchev–Trinajstić information content (AvgIpc) is 2.79. The van der Waals surface area contributed by atoms with E-state index >= 15 is 0 Å². The van der Waals surface area contributed by atoms with Crippen LogP contribution in [0.1, 0.15) is 25.8 Å². The predicted molar refractivity (Wildman–Crippen MR) is 123 cm³/mol. The van der Waals surface area contributed by atoms with Crippen LogP contribution in [0.15, 0.2) is 47.4 Å². The number of rotatable bonds is 9. The van der Waals surface area contributed by atoms with Gasteiger partial charge >= 0.3 is 0 Å². The van der Waals surface area contributed by atoms with Gasteiger partial charge in [-0.2, -0.15) is 4.31 Å². The Kier molecular flexibility index (Phi) is 8.22. The molecule has 1 aliphatic heterocycles. The van der Waals surface area contributed by atoms with Crippen molar-refractivity contribution in [3.05, 3.63) is 53.8 Å². The van der Waals surface area contributed by atoms with Crippen LogP contribution >= 0.6 is 0 Å². The summed E-state index contributed by atoms with van der Waals surface area (Å²) in [6.45, 7) is 6.67. The molecule has 1 heterocycles. The highest BCUT2D eigenvalue weighted by Gasteiger charge is 2.24. The number of carbonyl (C=O) groups excluding carboxylic acids is 1. The molecule has 1 saturated heterocycles. The van der Waals surface area contributed by atoms with Gasteiger partial charge in [-0.1, -0.05) is 32.0 Å². The monoisotopic (exact) mass is 463 g/mol. The molecule has 2 aromatic carbocycles. The molecule has 0 aliphatic carbocycles. The molecule has 0 radical (unpaired) electrons. The predicted octanol–water partition coefficient (Wildman–Crippen LogP) is 3.26. The number of nitrogens with one attached hydrogen (secondary N) is 1. The van der Waals surface area contributed by atoms with Crippen LogP contribution in [0, 0.1) is 5.82 Å². The first-order valence-electron chi connectivity index (χ1n) is 10.9. The van der Waals surface area contributed by atoms with Crippen LogP contribution in [-0.4, -0.2) is 58.0 Å². The van der Waals surface area contributed by atoms with Crippen molar-refractivity contribution >= 4 is 27.3 Å². The van der Waals surface area contributed by atoms with E-state index in [1.165, 1.54) is 16.4 Å². The third-order valence-electron chi connectivity index (χ3n) is 5.52. The molecule has 2 aromatic rings. The largest absolute Gasteiger partial charge is 0.378 e. The topological polar surface area (TPSA) is 79.0 Å². The van der Waals surface area contributed by atoms with Crippen molar-refractivity contribution in [1.29, 1.82) is 0 Å². The molecular formula is C23H30FN3O4S. The number of carbonyl (C=O) groups is 1. The molecule has 32 heavy (non-hydrogen) atoms. The molecule has 0 bridgehead atoms. The van der Waals surface area contributed by atoms with Crippen molar-refractivity contribution in [2.75, 3.05) is 49.6 Å². The second-order valence-electron chi connectivity index (χ2n) is 7.51. The minimum absolute atomic E-state index is 0.0799. The highest BCUT2D eigenvalue weighted by atomic mass is 32.2. The lowest BCUT2D eigenvalue weighted by Crippen LogP contribution is -2.37. The standard InChI is InChI=1S/C23H30FN3O4S/c1-3-27(4-2)32(29,30)19-10-11-22(26-13-15-31-16-14-26)21(17-19)25-23(28)12-9-18-7-5-6-8-20(18)24/h5-8,10-11,17H,3-4,9,12-16H2,1-2H3,(H,25,28). The zero-order chi connectivity index (χ0) is 23.1. The number of morpholine rings is 1. The van der Waals surface area contributed by atoms with E-state index in [0.717, 1.165) is 5.69 Å². The Labute approximate surface area is 189 Å². The highest BCUT2D eigenvalue weighted by Crippen LogP contribution is 2.31. The third-order valence-corrected chi connectivity index (χ3v) is 7.56. The molecule has 1 amide bonds. The van der Waals surface area contributed by atoms with Gasteiger partial charge in [0, 0.05) is 32.6 Å². The van der Waals surface area contributed by atoms with Crippen molar-refractivity contribution < 1.29 is 22.3 Å². The van der Waals surface area contributed by atoms with Crippen LogP contribution in [0.2, 0.25) is 0 Å². The number of ether oxygens (including phenoxy) is 1. The zero-order valence-electron chi connectivity index (χ0n) is 18.5. The van der Waals surface area contributed by atoms with Crippen LogP contribution in [-0.2, 0) is 26.0 Å². The summed E-state index contributed by atoms with van der Waals surface area (Å²) in [5.41, 5.74) is 1.64. The van der Waals surface area contributed by atoms with Crippen molar-refractivity contribution in [3.8, 4) is 0 Å². The first-order valence-corrected chi connectivity index (χ1v) is 12.3. The lowest BCUT2D eigenvalue weighted by molar-refractivity contribution is -0.116. The summed E-state index contributed by atoms with van der Waals surface area (Å²) < 4.78 is 46.7. The van der Waals surface area contributed by atoms with E-state index in [4.69, 9.17) is 4.74 Å². The quantitative estimate of drug-likeness (QED) is 0.618. The second-order valence-corrected chi connectivity index (χ2v) is 9.45. The van der Waals surface area contributed by atoms with Crippen LogP contribution in [0.3, 0.4) is 0 Å². The summed E-state index contributed by atoms with van der Waals surface area (Å²) in [4.78, 5) is 14.9. The van der Waals surface area contributed by atoms with Gasteiger partial charge < -0.3 is 15.0 Å². The van der Waals surface area contributed by atoms with Crippen molar-refractivity contribution in [1.82, 2.24) is 4.31 Å². The number of anilines is 2. The van der Waals surface area contributed by atoms with Crippen LogP contribution in [0.25, 0.3) is 0 Å². The first kappa shape index (κ1) is 24.2.